The van der Waals surface area contributed by atoms with E-state index < -0.39 is 0 Å². The number of carbonyl (C=O) groups excluding carboxylic acids is 1. The van der Waals surface area contributed by atoms with Crippen molar-refractivity contribution in [2.75, 3.05) is 7.11 Å². The van der Waals surface area contributed by atoms with Crippen LogP contribution in [0.2, 0.25) is 0 Å². The van der Waals surface area contributed by atoms with Crippen LogP contribution in [0, 0.1) is 0 Å². The molecule has 0 spiro atoms. The molecule has 3 rings (SSSR count). The zero-order valence-corrected chi connectivity index (χ0v) is 13.4. The number of nitrogens with zero attached hydrogens (tertiary/aromatic N) is 1. The predicted molar refractivity (Wildman–Crippen MR) is 96.4 cm³/mol. The summed E-state index contributed by atoms with van der Waals surface area (Å²) in [4.78, 5) is 12.1. The van der Waals surface area contributed by atoms with Crippen LogP contribution >= 0.6 is 0 Å². The fourth-order valence-electron chi connectivity index (χ4n) is 2.61. The van der Waals surface area contributed by atoms with Crippen LogP contribution in [0.4, 0.5) is 0 Å². The maximum absolute atomic E-state index is 12.1. The fraction of sp³-hybridized carbons (Fsp3) is 0.100. The molecule has 0 radical (unpaired) electrons. The first kappa shape index (κ1) is 15.7. The van der Waals surface area contributed by atoms with Crippen molar-refractivity contribution < 1.29 is 9.53 Å². The van der Waals surface area contributed by atoms with Crippen molar-refractivity contribution in [1.29, 1.82) is 0 Å². The second-order valence-electron chi connectivity index (χ2n) is 5.35. The molecule has 0 aliphatic heterocycles. The van der Waals surface area contributed by atoms with Crippen LogP contribution in [0.1, 0.15) is 11.1 Å². The van der Waals surface area contributed by atoms with E-state index in [1.165, 1.54) is 0 Å². The SMILES string of the molecule is COc1ccccc1/C=N/NC(=O)Cc1cccc2ccccc12. The van der Waals surface area contributed by atoms with Gasteiger partial charge >= 0.3 is 0 Å². The van der Waals surface area contributed by atoms with Gasteiger partial charge in [-0.25, -0.2) is 5.43 Å². The van der Waals surface area contributed by atoms with Crippen molar-refractivity contribution in [3.8, 4) is 5.75 Å². The summed E-state index contributed by atoms with van der Waals surface area (Å²) in [6, 6.07) is 21.5. The molecule has 1 amide bonds. The molecular formula is C20H18N2O2. The average molecular weight is 318 g/mol. The largest absolute Gasteiger partial charge is 0.496 e. The maximum Gasteiger partial charge on any atom is 0.244 e. The van der Waals surface area contributed by atoms with E-state index in [0.29, 0.717) is 5.75 Å². The Morgan fingerprint density at radius 2 is 1.79 bits per heavy atom. The van der Waals surface area contributed by atoms with Gasteiger partial charge in [-0.1, -0.05) is 54.6 Å². The smallest absolute Gasteiger partial charge is 0.244 e. The predicted octanol–water partition coefficient (Wildman–Crippen LogP) is 3.54. The third-order valence-electron chi connectivity index (χ3n) is 3.76. The molecule has 0 aromatic heterocycles. The van der Waals surface area contributed by atoms with Crippen molar-refractivity contribution in [3.05, 3.63) is 77.9 Å². The monoisotopic (exact) mass is 318 g/mol. The van der Waals surface area contributed by atoms with Gasteiger partial charge < -0.3 is 4.74 Å². The van der Waals surface area contributed by atoms with E-state index >= 15 is 0 Å². The molecule has 0 aliphatic carbocycles. The summed E-state index contributed by atoms with van der Waals surface area (Å²) >= 11 is 0. The summed E-state index contributed by atoms with van der Waals surface area (Å²) in [5, 5.41) is 6.23. The van der Waals surface area contributed by atoms with E-state index in [1.54, 1.807) is 13.3 Å². The summed E-state index contributed by atoms with van der Waals surface area (Å²) in [6.07, 6.45) is 1.87. The topological polar surface area (TPSA) is 50.7 Å². The van der Waals surface area contributed by atoms with Crippen LogP contribution in [-0.2, 0) is 11.2 Å². The second-order valence-corrected chi connectivity index (χ2v) is 5.35. The van der Waals surface area contributed by atoms with Gasteiger partial charge in [-0.05, 0) is 28.5 Å². The second kappa shape index (κ2) is 7.42. The normalized spacial score (nSPS) is 10.9. The molecule has 0 unspecified atom stereocenters. The zero-order chi connectivity index (χ0) is 16.8. The summed E-state index contributed by atoms with van der Waals surface area (Å²) in [6.45, 7) is 0. The Balaban J connectivity index is 1.68. The van der Waals surface area contributed by atoms with Crippen molar-refractivity contribution in [2.24, 2.45) is 5.10 Å². The molecule has 1 N–H and O–H groups in total. The first-order chi connectivity index (χ1) is 11.8. The number of para-hydroxylation sites is 1. The number of methoxy groups -OCH3 is 1. The number of hydrogen-bond acceptors (Lipinski definition) is 3. The minimum absolute atomic E-state index is 0.155. The number of carbonyl (C=O) groups is 1. The highest BCUT2D eigenvalue weighted by molar-refractivity contribution is 5.91. The minimum atomic E-state index is -0.155. The maximum atomic E-state index is 12.1. The van der Waals surface area contributed by atoms with Crippen LogP contribution in [0.3, 0.4) is 0 Å². The van der Waals surface area contributed by atoms with E-state index in [-0.39, 0.29) is 12.3 Å². The Kier molecular flexibility index (Phi) is 4.87. The molecule has 0 saturated carbocycles. The van der Waals surface area contributed by atoms with Gasteiger partial charge in [0, 0.05) is 5.56 Å². The van der Waals surface area contributed by atoms with Gasteiger partial charge in [0.1, 0.15) is 5.75 Å². The van der Waals surface area contributed by atoms with Gasteiger partial charge in [-0.2, -0.15) is 5.10 Å². The number of nitrogens with one attached hydrogen (secondary N) is 1. The minimum Gasteiger partial charge on any atom is -0.496 e. The molecule has 120 valence electrons. The average Bonchev–Trinajstić information content (AvgIpc) is 2.62. The summed E-state index contributed by atoms with van der Waals surface area (Å²) in [5.74, 6) is 0.557. The lowest BCUT2D eigenvalue weighted by Crippen LogP contribution is -2.19. The lowest BCUT2D eigenvalue weighted by molar-refractivity contribution is -0.120. The molecule has 0 bridgehead atoms. The summed E-state index contributed by atoms with van der Waals surface area (Å²) < 4.78 is 5.24. The number of hydrogen-bond donors (Lipinski definition) is 1. The van der Waals surface area contributed by atoms with Crippen molar-refractivity contribution >= 4 is 22.9 Å². The van der Waals surface area contributed by atoms with Crippen molar-refractivity contribution in [3.63, 3.8) is 0 Å². The van der Waals surface area contributed by atoms with E-state index in [9.17, 15) is 4.79 Å². The van der Waals surface area contributed by atoms with E-state index in [1.807, 2.05) is 66.7 Å². The number of hydrazone groups is 1. The van der Waals surface area contributed by atoms with E-state index in [4.69, 9.17) is 4.74 Å². The molecule has 0 heterocycles. The molecule has 0 aliphatic rings. The van der Waals surface area contributed by atoms with Gasteiger partial charge in [-0.3, -0.25) is 4.79 Å². The Bertz CT molecular complexity index is 882. The zero-order valence-electron chi connectivity index (χ0n) is 13.4. The number of amides is 1. The summed E-state index contributed by atoms with van der Waals surface area (Å²) in [5.41, 5.74) is 4.37. The first-order valence-electron chi connectivity index (χ1n) is 7.69. The molecule has 0 atom stereocenters. The Hall–Kier alpha value is -3.14. The molecule has 3 aromatic rings. The van der Waals surface area contributed by atoms with E-state index in [2.05, 4.69) is 10.5 Å². The van der Waals surface area contributed by atoms with Gasteiger partial charge in [0.05, 0.1) is 19.7 Å². The van der Waals surface area contributed by atoms with Crippen LogP contribution in [0.25, 0.3) is 10.8 Å². The highest BCUT2D eigenvalue weighted by Gasteiger charge is 2.06. The number of rotatable bonds is 5. The van der Waals surface area contributed by atoms with Gasteiger partial charge in [0.15, 0.2) is 0 Å². The van der Waals surface area contributed by atoms with Crippen LogP contribution in [0.5, 0.6) is 5.75 Å². The van der Waals surface area contributed by atoms with Crippen LogP contribution < -0.4 is 10.2 Å². The van der Waals surface area contributed by atoms with Crippen LogP contribution in [-0.4, -0.2) is 19.2 Å². The first-order valence-corrected chi connectivity index (χ1v) is 7.69. The van der Waals surface area contributed by atoms with E-state index in [0.717, 1.165) is 21.9 Å². The molecule has 4 nitrogen and oxygen atoms in total. The lowest BCUT2D eigenvalue weighted by atomic mass is 10.0. The molecule has 0 saturated heterocycles. The summed E-state index contributed by atoms with van der Waals surface area (Å²) in [7, 11) is 1.60. The standard InChI is InChI=1S/C20H18N2O2/c1-24-19-12-5-3-8-17(19)14-21-22-20(23)13-16-10-6-9-15-7-2-4-11-18(15)16/h2-12,14H,13H2,1H3,(H,22,23)/b21-14+. The van der Waals surface area contributed by atoms with Crippen LogP contribution in [0.15, 0.2) is 71.8 Å². The molecular weight excluding hydrogens is 300 g/mol. The molecule has 0 fully saturated rings. The lowest BCUT2D eigenvalue weighted by Gasteiger charge is -2.06. The fourth-order valence-corrected chi connectivity index (χ4v) is 2.61. The molecule has 24 heavy (non-hydrogen) atoms. The van der Waals surface area contributed by atoms with Gasteiger partial charge in [-0.15, -0.1) is 0 Å². The highest BCUT2D eigenvalue weighted by Crippen LogP contribution is 2.19. The number of benzene rings is 3. The third kappa shape index (κ3) is 3.60. The highest BCUT2D eigenvalue weighted by atomic mass is 16.5. The Morgan fingerprint density at radius 1 is 1.04 bits per heavy atom. The number of fused-ring (bicyclic) bond motifs is 1. The third-order valence-corrected chi connectivity index (χ3v) is 3.76. The Morgan fingerprint density at radius 3 is 2.67 bits per heavy atom. The number of ether oxygens (including phenoxy) is 1. The Labute approximate surface area is 140 Å². The quantitative estimate of drug-likeness (QED) is 0.578. The van der Waals surface area contributed by atoms with Crippen molar-refractivity contribution in [2.45, 2.75) is 6.42 Å². The van der Waals surface area contributed by atoms with Crippen molar-refractivity contribution in [1.82, 2.24) is 5.43 Å². The van der Waals surface area contributed by atoms with Gasteiger partial charge in [0.2, 0.25) is 5.91 Å². The molecule has 4 heteroatoms. The van der Waals surface area contributed by atoms with Gasteiger partial charge in [0.25, 0.3) is 0 Å². The molecule has 3 aromatic carbocycles.